The van der Waals surface area contributed by atoms with Gasteiger partial charge in [0.15, 0.2) is 0 Å². The molecule has 1 aromatic heterocycles. The first-order valence-electron chi connectivity index (χ1n) is 5.26. The van der Waals surface area contributed by atoms with Crippen molar-refractivity contribution < 1.29 is 9.53 Å². The van der Waals surface area contributed by atoms with Crippen molar-refractivity contribution in [3.05, 3.63) is 23.9 Å². The Kier molecular flexibility index (Phi) is 3.10. The van der Waals surface area contributed by atoms with E-state index in [1.54, 1.807) is 18.3 Å². The maximum absolute atomic E-state index is 10.6. The zero-order valence-electron chi connectivity index (χ0n) is 9.17. The third-order valence-corrected chi connectivity index (χ3v) is 2.63. The zero-order valence-corrected chi connectivity index (χ0v) is 9.17. The summed E-state index contributed by atoms with van der Waals surface area (Å²) >= 11 is 0. The van der Waals surface area contributed by atoms with Crippen LogP contribution in [-0.4, -0.2) is 30.3 Å². The van der Waals surface area contributed by atoms with Crippen LogP contribution in [0.1, 0.15) is 12.0 Å². The van der Waals surface area contributed by atoms with E-state index in [1.807, 2.05) is 4.90 Å². The molecule has 0 saturated carbocycles. The van der Waals surface area contributed by atoms with E-state index in [1.165, 1.54) is 0 Å². The van der Waals surface area contributed by atoms with E-state index in [9.17, 15) is 4.79 Å². The Morgan fingerprint density at radius 2 is 2.53 bits per heavy atom. The van der Waals surface area contributed by atoms with Crippen molar-refractivity contribution in [3.63, 3.8) is 0 Å². The van der Waals surface area contributed by atoms with Crippen molar-refractivity contribution in [1.82, 2.24) is 4.98 Å². The molecule has 0 bridgehead atoms. The Bertz CT molecular complexity index is 469. The molecule has 0 radical (unpaired) electrons. The van der Waals surface area contributed by atoms with Crippen LogP contribution in [-0.2, 0) is 4.74 Å². The summed E-state index contributed by atoms with van der Waals surface area (Å²) in [6.45, 7) is 1.30. The quantitative estimate of drug-likeness (QED) is 0.807. The van der Waals surface area contributed by atoms with Crippen molar-refractivity contribution >= 4 is 11.9 Å². The van der Waals surface area contributed by atoms with Crippen molar-refractivity contribution in [2.45, 2.75) is 12.5 Å². The lowest BCUT2D eigenvalue weighted by atomic mass is 10.3. The number of pyridine rings is 1. The molecule has 1 amide bonds. The molecule has 1 fully saturated rings. The van der Waals surface area contributed by atoms with E-state index in [2.05, 4.69) is 11.1 Å². The largest absolute Gasteiger partial charge is 0.444 e. The number of primary amides is 1. The van der Waals surface area contributed by atoms with Crippen LogP contribution >= 0.6 is 0 Å². The second-order valence-corrected chi connectivity index (χ2v) is 3.81. The molecule has 2 heterocycles. The fourth-order valence-corrected chi connectivity index (χ4v) is 1.86. The Balaban J connectivity index is 2.05. The summed E-state index contributed by atoms with van der Waals surface area (Å²) < 4.78 is 4.92. The van der Waals surface area contributed by atoms with Crippen LogP contribution in [0.5, 0.6) is 0 Å². The summed E-state index contributed by atoms with van der Waals surface area (Å²) in [5.74, 6) is 0.722. The van der Waals surface area contributed by atoms with Crippen LogP contribution in [0.25, 0.3) is 0 Å². The van der Waals surface area contributed by atoms with Gasteiger partial charge >= 0.3 is 6.09 Å². The van der Waals surface area contributed by atoms with E-state index in [-0.39, 0.29) is 6.10 Å². The highest BCUT2D eigenvalue weighted by Crippen LogP contribution is 2.20. The summed E-state index contributed by atoms with van der Waals surface area (Å²) in [5.41, 5.74) is 5.53. The molecule has 88 valence electrons. The number of aromatic nitrogens is 1. The number of carbonyl (C=O) groups is 1. The number of amides is 1. The molecule has 6 nitrogen and oxygen atoms in total. The first-order valence-corrected chi connectivity index (χ1v) is 5.26. The topological polar surface area (TPSA) is 92.2 Å². The van der Waals surface area contributed by atoms with Gasteiger partial charge in [0.25, 0.3) is 0 Å². The van der Waals surface area contributed by atoms with Gasteiger partial charge in [0.05, 0.1) is 18.2 Å². The minimum absolute atomic E-state index is 0.194. The van der Waals surface area contributed by atoms with Crippen LogP contribution in [0.4, 0.5) is 10.6 Å². The average Bonchev–Trinajstić information content (AvgIpc) is 2.77. The highest BCUT2D eigenvalue weighted by atomic mass is 16.6. The van der Waals surface area contributed by atoms with Gasteiger partial charge in [-0.15, -0.1) is 0 Å². The molecular formula is C11H12N4O2. The number of nitrogens with zero attached hydrogens (tertiary/aromatic N) is 3. The first kappa shape index (κ1) is 11.2. The van der Waals surface area contributed by atoms with Gasteiger partial charge in [0.2, 0.25) is 0 Å². The molecule has 17 heavy (non-hydrogen) atoms. The minimum Gasteiger partial charge on any atom is -0.444 e. The predicted molar refractivity (Wildman–Crippen MR) is 60.2 cm³/mol. The normalized spacial score (nSPS) is 18.8. The standard InChI is InChI=1S/C11H12N4O2/c12-6-8-1-3-14-10(5-8)15-4-2-9(7-15)17-11(13)16/h1,3,5,9H,2,4,7H2,(H2,13,16). The average molecular weight is 232 g/mol. The van der Waals surface area contributed by atoms with Crippen LogP contribution < -0.4 is 10.6 Å². The van der Waals surface area contributed by atoms with Gasteiger partial charge in [0, 0.05) is 19.2 Å². The number of nitrogens with two attached hydrogens (primary N) is 1. The van der Waals surface area contributed by atoms with Gasteiger partial charge in [-0.2, -0.15) is 5.26 Å². The maximum atomic E-state index is 10.6. The van der Waals surface area contributed by atoms with E-state index in [4.69, 9.17) is 15.7 Å². The Morgan fingerprint density at radius 1 is 1.71 bits per heavy atom. The van der Waals surface area contributed by atoms with Crippen molar-refractivity contribution in [2.75, 3.05) is 18.0 Å². The lowest BCUT2D eigenvalue weighted by Gasteiger charge is -2.17. The van der Waals surface area contributed by atoms with Crippen molar-refractivity contribution in [1.29, 1.82) is 5.26 Å². The number of nitriles is 1. The third kappa shape index (κ3) is 2.64. The predicted octanol–water partition coefficient (Wildman–Crippen LogP) is 0.627. The molecular weight excluding hydrogens is 220 g/mol. The van der Waals surface area contributed by atoms with Crippen molar-refractivity contribution in [3.8, 4) is 6.07 Å². The van der Waals surface area contributed by atoms with Gasteiger partial charge in [-0.1, -0.05) is 0 Å². The molecule has 0 aromatic carbocycles. The number of rotatable bonds is 2. The van der Waals surface area contributed by atoms with Crippen LogP contribution in [0.3, 0.4) is 0 Å². The molecule has 0 spiro atoms. The molecule has 1 atom stereocenters. The second-order valence-electron chi connectivity index (χ2n) is 3.81. The first-order chi connectivity index (χ1) is 8.19. The highest BCUT2D eigenvalue weighted by Gasteiger charge is 2.25. The molecule has 1 aliphatic heterocycles. The smallest absolute Gasteiger partial charge is 0.404 e. The molecule has 2 N–H and O–H groups in total. The summed E-state index contributed by atoms with van der Waals surface area (Å²) in [6.07, 6.45) is 1.37. The van der Waals surface area contributed by atoms with E-state index >= 15 is 0 Å². The van der Waals surface area contributed by atoms with Gasteiger partial charge in [0.1, 0.15) is 11.9 Å². The summed E-state index contributed by atoms with van der Waals surface area (Å²) in [5, 5.41) is 8.79. The monoisotopic (exact) mass is 232 g/mol. The fourth-order valence-electron chi connectivity index (χ4n) is 1.86. The Hall–Kier alpha value is -2.29. The number of carbonyl (C=O) groups excluding carboxylic acids is 1. The zero-order chi connectivity index (χ0) is 12.3. The van der Waals surface area contributed by atoms with Gasteiger partial charge in [-0.25, -0.2) is 9.78 Å². The number of hydrogen-bond acceptors (Lipinski definition) is 5. The highest BCUT2D eigenvalue weighted by molar-refractivity contribution is 5.65. The van der Waals surface area contributed by atoms with Crippen LogP contribution in [0, 0.1) is 11.3 Å². The van der Waals surface area contributed by atoms with Crippen LogP contribution in [0.2, 0.25) is 0 Å². The number of hydrogen-bond donors (Lipinski definition) is 1. The molecule has 6 heteroatoms. The van der Waals surface area contributed by atoms with Gasteiger partial charge in [-0.3, -0.25) is 0 Å². The Labute approximate surface area is 98.6 Å². The molecule has 0 aliphatic carbocycles. The lowest BCUT2D eigenvalue weighted by Crippen LogP contribution is -2.27. The minimum atomic E-state index is -0.754. The summed E-state index contributed by atoms with van der Waals surface area (Å²) in [7, 11) is 0. The summed E-state index contributed by atoms with van der Waals surface area (Å²) in [4.78, 5) is 16.8. The lowest BCUT2D eigenvalue weighted by molar-refractivity contribution is 0.117. The van der Waals surface area contributed by atoms with Crippen molar-refractivity contribution in [2.24, 2.45) is 5.73 Å². The molecule has 1 aliphatic rings. The maximum Gasteiger partial charge on any atom is 0.404 e. The fraction of sp³-hybridized carbons (Fsp3) is 0.364. The van der Waals surface area contributed by atoms with E-state index < -0.39 is 6.09 Å². The third-order valence-electron chi connectivity index (χ3n) is 2.63. The van der Waals surface area contributed by atoms with Gasteiger partial charge in [-0.05, 0) is 12.1 Å². The number of anilines is 1. The van der Waals surface area contributed by atoms with E-state index in [0.717, 1.165) is 18.8 Å². The SMILES string of the molecule is N#Cc1ccnc(N2CCC(OC(N)=O)C2)c1. The molecule has 1 aromatic rings. The van der Waals surface area contributed by atoms with Gasteiger partial charge < -0.3 is 15.4 Å². The summed E-state index contributed by atoms with van der Waals surface area (Å²) in [6, 6.07) is 5.43. The Morgan fingerprint density at radius 3 is 3.24 bits per heavy atom. The van der Waals surface area contributed by atoms with E-state index in [0.29, 0.717) is 12.1 Å². The van der Waals surface area contributed by atoms with Crippen LogP contribution in [0.15, 0.2) is 18.3 Å². The molecule has 2 rings (SSSR count). The molecule has 1 unspecified atom stereocenters. The molecule has 1 saturated heterocycles. The second kappa shape index (κ2) is 4.70. The number of ether oxygens (including phenoxy) is 1.